The van der Waals surface area contributed by atoms with Gasteiger partial charge in [-0.05, 0) is 103 Å². The number of allylic oxidation sites excluding steroid dienone is 4. The monoisotopic (exact) mass is 715 g/mol. The summed E-state index contributed by atoms with van der Waals surface area (Å²) in [6.45, 7) is 0. The van der Waals surface area contributed by atoms with Gasteiger partial charge in [0.15, 0.2) is 5.82 Å². The van der Waals surface area contributed by atoms with E-state index in [1.165, 1.54) is 54.9 Å². The van der Waals surface area contributed by atoms with Crippen molar-refractivity contribution in [2.75, 3.05) is 0 Å². The van der Waals surface area contributed by atoms with Gasteiger partial charge in [-0.15, -0.1) is 0 Å². The maximum Gasteiger partial charge on any atom is 0.156 e. The van der Waals surface area contributed by atoms with Gasteiger partial charge in [-0.1, -0.05) is 170 Å². The third-order valence-corrected chi connectivity index (χ3v) is 10.9. The molecule has 56 heavy (non-hydrogen) atoms. The molecule has 0 aliphatic heterocycles. The van der Waals surface area contributed by atoms with Crippen molar-refractivity contribution in [1.29, 1.82) is 0 Å². The SMILES string of the molecule is C1=C(c2nc(-c3ccc(-c4ccccc4)cc3)cc(-c3ccc(-c4cccnc4)cc3)n2)CCC=C1c1c2ccccc2c(-c2ccccc2)c2ccccc12. The van der Waals surface area contributed by atoms with E-state index in [2.05, 4.69) is 187 Å². The molecule has 0 N–H and O–H groups in total. The normalized spacial score (nSPS) is 12.7. The minimum absolute atomic E-state index is 0.765. The molecule has 3 heteroatoms. The highest BCUT2D eigenvalue weighted by Crippen LogP contribution is 2.44. The number of pyridine rings is 1. The van der Waals surface area contributed by atoms with Crippen LogP contribution < -0.4 is 0 Å². The number of aromatic nitrogens is 3. The second-order valence-electron chi connectivity index (χ2n) is 14.3. The number of fused-ring (bicyclic) bond motifs is 2. The Balaban J connectivity index is 1.11. The molecule has 0 radical (unpaired) electrons. The first-order chi connectivity index (χ1) is 27.8. The van der Waals surface area contributed by atoms with Crippen LogP contribution in [0, 0.1) is 0 Å². The number of hydrogen-bond donors (Lipinski definition) is 0. The first-order valence-corrected chi connectivity index (χ1v) is 19.2. The number of benzene rings is 7. The Morgan fingerprint density at radius 1 is 0.393 bits per heavy atom. The van der Waals surface area contributed by atoms with Gasteiger partial charge in [-0.2, -0.15) is 0 Å². The van der Waals surface area contributed by atoms with Gasteiger partial charge < -0.3 is 0 Å². The Morgan fingerprint density at radius 3 is 1.41 bits per heavy atom. The molecule has 2 aromatic heterocycles. The minimum atomic E-state index is 0.765. The van der Waals surface area contributed by atoms with E-state index in [4.69, 9.17) is 9.97 Å². The van der Waals surface area contributed by atoms with E-state index in [9.17, 15) is 0 Å². The molecule has 0 spiro atoms. The van der Waals surface area contributed by atoms with Crippen LogP contribution in [-0.2, 0) is 0 Å². The predicted octanol–water partition coefficient (Wildman–Crippen LogP) is 13.8. The number of nitrogens with zero attached hydrogens (tertiary/aromatic N) is 3. The molecule has 0 bridgehead atoms. The molecule has 0 amide bonds. The molecule has 0 fully saturated rings. The van der Waals surface area contributed by atoms with Gasteiger partial charge in [-0.3, -0.25) is 4.98 Å². The molecule has 0 saturated carbocycles. The van der Waals surface area contributed by atoms with E-state index in [1.807, 2.05) is 12.3 Å². The molecule has 2 heterocycles. The largest absolute Gasteiger partial charge is 0.264 e. The van der Waals surface area contributed by atoms with Crippen LogP contribution in [0.25, 0.3) is 88.6 Å². The fourth-order valence-corrected chi connectivity index (χ4v) is 8.13. The van der Waals surface area contributed by atoms with E-state index in [0.29, 0.717) is 0 Å². The van der Waals surface area contributed by atoms with E-state index in [1.54, 1.807) is 6.20 Å². The Hall–Kier alpha value is -7.23. The highest BCUT2D eigenvalue weighted by atomic mass is 14.9. The Bertz CT molecular complexity index is 2750. The molecule has 0 unspecified atom stereocenters. The van der Waals surface area contributed by atoms with Crippen molar-refractivity contribution in [3.8, 4) is 55.9 Å². The summed E-state index contributed by atoms with van der Waals surface area (Å²) in [6.07, 6.45) is 10.2. The van der Waals surface area contributed by atoms with Crippen LogP contribution >= 0.6 is 0 Å². The summed E-state index contributed by atoms with van der Waals surface area (Å²) >= 11 is 0. The second kappa shape index (κ2) is 14.5. The van der Waals surface area contributed by atoms with Crippen molar-refractivity contribution < 1.29 is 0 Å². The second-order valence-corrected chi connectivity index (χ2v) is 14.3. The van der Waals surface area contributed by atoms with Gasteiger partial charge in [0, 0.05) is 23.5 Å². The van der Waals surface area contributed by atoms with E-state index >= 15 is 0 Å². The molecule has 7 aromatic carbocycles. The standard InChI is InChI=1S/C53H37N3/c1-3-13-36(14-4-1)37-24-28-39(29-25-37)49-34-50(40-30-26-38(27-31-40)44-19-12-32-54-35-44)56-53(55-49)43-18-11-17-42(33-43)52-47-22-9-7-20-45(47)51(41-15-5-2-6-16-41)46-21-8-10-23-48(46)52/h1-10,12-17,19-35H,11,18H2. The lowest BCUT2D eigenvalue weighted by molar-refractivity contribution is 1.01. The van der Waals surface area contributed by atoms with Gasteiger partial charge >= 0.3 is 0 Å². The Labute approximate surface area is 327 Å². The average Bonchev–Trinajstić information content (AvgIpc) is 3.29. The van der Waals surface area contributed by atoms with Crippen LogP contribution in [0.1, 0.15) is 24.2 Å². The fourth-order valence-electron chi connectivity index (χ4n) is 8.13. The van der Waals surface area contributed by atoms with Crippen LogP contribution in [0.2, 0.25) is 0 Å². The van der Waals surface area contributed by atoms with Crippen LogP contribution in [-0.4, -0.2) is 15.0 Å². The first kappa shape index (κ1) is 33.3. The molecule has 9 aromatic rings. The van der Waals surface area contributed by atoms with Crippen molar-refractivity contribution in [3.05, 3.63) is 212 Å². The maximum atomic E-state index is 5.31. The van der Waals surface area contributed by atoms with Crippen molar-refractivity contribution in [2.24, 2.45) is 0 Å². The zero-order valence-electron chi connectivity index (χ0n) is 30.8. The first-order valence-electron chi connectivity index (χ1n) is 19.2. The summed E-state index contributed by atoms with van der Waals surface area (Å²) in [6, 6.07) is 62.5. The molecular weight excluding hydrogens is 679 g/mol. The van der Waals surface area contributed by atoms with Crippen LogP contribution in [0.15, 0.2) is 200 Å². The fraction of sp³-hybridized carbons (Fsp3) is 0.0377. The summed E-state index contributed by atoms with van der Waals surface area (Å²) < 4.78 is 0. The lowest BCUT2D eigenvalue weighted by atomic mass is 9.84. The minimum Gasteiger partial charge on any atom is -0.264 e. The third-order valence-electron chi connectivity index (χ3n) is 10.9. The van der Waals surface area contributed by atoms with Gasteiger partial charge in [0.2, 0.25) is 0 Å². The van der Waals surface area contributed by atoms with Crippen molar-refractivity contribution >= 4 is 32.7 Å². The van der Waals surface area contributed by atoms with E-state index < -0.39 is 0 Å². The molecule has 1 aliphatic carbocycles. The highest BCUT2D eigenvalue weighted by Gasteiger charge is 2.21. The van der Waals surface area contributed by atoms with Crippen molar-refractivity contribution in [3.63, 3.8) is 0 Å². The molecule has 0 saturated heterocycles. The zero-order chi connectivity index (χ0) is 37.3. The summed E-state index contributed by atoms with van der Waals surface area (Å²) in [5, 5.41) is 5.00. The van der Waals surface area contributed by atoms with Crippen molar-refractivity contribution in [1.82, 2.24) is 15.0 Å². The Kier molecular flexibility index (Phi) is 8.66. The van der Waals surface area contributed by atoms with Gasteiger partial charge in [-0.25, -0.2) is 9.97 Å². The lowest BCUT2D eigenvalue weighted by Crippen LogP contribution is -2.02. The molecule has 1 aliphatic rings. The smallest absolute Gasteiger partial charge is 0.156 e. The maximum absolute atomic E-state index is 5.31. The van der Waals surface area contributed by atoms with Gasteiger partial charge in [0.25, 0.3) is 0 Å². The quantitative estimate of drug-likeness (QED) is 0.154. The van der Waals surface area contributed by atoms with E-state index in [0.717, 1.165) is 57.9 Å². The average molecular weight is 716 g/mol. The van der Waals surface area contributed by atoms with Gasteiger partial charge in [0.1, 0.15) is 0 Å². The summed E-state index contributed by atoms with van der Waals surface area (Å²) in [4.78, 5) is 14.9. The lowest BCUT2D eigenvalue weighted by Gasteiger charge is -2.21. The summed E-state index contributed by atoms with van der Waals surface area (Å²) in [7, 11) is 0. The van der Waals surface area contributed by atoms with Crippen LogP contribution in [0.4, 0.5) is 0 Å². The number of rotatable bonds is 7. The summed E-state index contributed by atoms with van der Waals surface area (Å²) in [5.41, 5.74) is 14.6. The molecule has 10 rings (SSSR count). The van der Waals surface area contributed by atoms with E-state index in [-0.39, 0.29) is 0 Å². The highest BCUT2D eigenvalue weighted by molar-refractivity contribution is 6.19. The third kappa shape index (κ3) is 6.29. The van der Waals surface area contributed by atoms with Crippen LogP contribution in [0.5, 0.6) is 0 Å². The molecule has 264 valence electrons. The zero-order valence-corrected chi connectivity index (χ0v) is 30.8. The topological polar surface area (TPSA) is 38.7 Å². The predicted molar refractivity (Wildman–Crippen MR) is 234 cm³/mol. The molecule has 0 atom stereocenters. The summed E-state index contributed by atoms with van der Waals surface area (Å²) in [5.74, 6) is 0.765. The number of hydrogen-bond acceptors (Lipinski definition) is 3. The van der Waals surface area contributed by atoms with Crippen LogP contribution in [0.3, 0.4) is 0 Å². The molecule has 3 nitrogen and oxygen atoms in total. The molecular formula is C53H37N3. The van der Waals surface area contributed by atoms with Gasteiger partial charge in [0.05, 0.1) is 11.4 Å². The Morgan fingerprint density at radius 2 is 0.857 bits per heavy atom. The van der Waals surface area contributed by atoms with Crippen molar-refractivity contribution in [2.45, 2.75) is 12.8 Å².